The third kappa shape index (κ3) is 2.45. The van der Waals surface area contributed by atoms with Crippen molar-refractivity contribution in [3.63, 3.8) is 0 Å². The molecule has 2 rings (SSSR count). The van der Waals surface area contributed by atoms with Crippen LogP contribution < -0.4 is 5.73 Å². The van der Waals surface area contributed by atoms with Crippen molar-refractivity contribution in [2.45, 2.75) is 6.92 Å². The minimum absolute atomic E-state index is 0.305. The Morgan fingerprint density at radius 2 is 2.28 bits per heavy atom. The molecular weight excluding hydrogens is 228 g/mol. The molecule has 5 heteroatoms. The first-order valence-corrected chi connectivity index (χ1v) is 5.50. The van der Waals surface area contributed by atoms with Crippen LogP contribution in [0.15, 0.2) is 35.5 Å². The summed E-state index contributed by atoms with van der Waals surface area (Å²) in [7, 11) is 1.66. The van der Waals surface area contributed by atoms with E-state index < -0.39 is 5.91 Å². The number of benzene rings is 1. The van der Waals surface area contributed by atoms with Gasteiger partial charge in [0.25, 0.3) is 5.91 Å². The number of rotatable bonds is 3. The van der Waals surface area contributed by atoms with Crippen LogP contribution in [0.5, 0.6) is 0 Å². The van der Waals surface area contributed by atoms with Gasteiger partial charge in [0.15, 0.2) is 5.69 Å². The summed E-state index contributed by atoms with van der Waals surface area (Å²) in [6.45, 7) is 2.01. The summed E-state index contributed by atoms with van der Waals surface area (Å²) >= 11 is 0. The molecule has 1 aromatic carbocycles. The molecule has 0 unspecified atom stereocenters. The largest absolute Gasteiger partial charge is 0.364 e. The molecule has 0 fully saturated rings. The number of nitrogens with two attached hydrogens (primary N) is 1. The maximum atomic E-state index is 11.3. The third-order valence-electron chi connectivity index (χ3n) is 2.55. The number of carbonyl (C=O) groups excluding carboxylic acids is 1. The van der Waals surface area contributed by atoms with Gasteiger partial charge in [-0.05, 0) is 12.5 Å². The number of carbonyl (C=O) groups is 1. The zero-order valence-electron chi connectivity index (χ0n) is 10.3. The van der Waals surface area contributed by atoms with E-state index in [4.69, 9.17) is 5.73 Å². The monoisotopic (exact) mass is 242 g/mol. The van der Waals surface area contributed by atoms with Gasteiger partial charge in [-0.2, -0.15) is 5.10 Å². The second-order valence-electron chi connectivity index (χ2n) is 4.04. The molecule has 1 aromatic heterocycles. The summed E-state index contributed by atoms with van der Waals surface area (Å²) in [5, 5.41) is 3.97. The molecule has 0 saturated carbocycles. The van der Waals surface area contributed by atoms with Gasteiger partial charge in [0.1, 0.15) is 5.69 Å². The number of hydrogen-bond donors (Lipinski definition) is 1. The van der Waals surface area contributed by atoms with Crippen molar-refractivity contribution in [3.8, 4) is 0 Å². The Balaban J connectivity index is 2.32. The molecule has 92 valence electrons. The van der Waals surface area contributed by atoms with Crippen LogP contribution in [-0.4, -0.2) is 21.9 Å². The summed E-state index contributed by atoms with van der Waals surface area (Å²) in [6, 6.07) is 7.91. The van der Waals surface area contributed by atoms with Crippen molar-refractivity contribution in [1.82, 2.24) is 9.78 Å². The minimum atomic E-state index is -0.536. The van der Waals surface area contributed by atoms with Crippen LogP contribution in [0.2, 0.25) is 0 Å². The van der Waals surface area contributed by atoms with E-state index in [9.17, 15) is 4.79 Å². The van der Waals surface area contributed by atoms with Gasteiger partial charge < -0.3 is 5.73 Å². The van der Waals surface area contributed by atoms with Crippen molar-refractivity contribution in [3.05, 3.63) is 47.3 Å². The third-order valence-corrected chi connectivity index (χ3v) is 2.55. The van der Waals surface area contributed by atoms with E-state index in [2.05, 4.69) is 10.1 Å². The SMILES string of the molecule is Cc1cccc(C=Nc2cnn(C)c2C(N)=O)c1. The maximum absolute atomic E-state index is 11.3. The van der Waals surface area contributed by atoms with Crippen molar-refractivity contribution < 1.29 is 4.79 Å². The number of aliphatic imine (C=N–C) groups is 1. The van der Waals surface area contributed by atoms with Gasteiger partial charge >= 0.3 is 0 Å². The lowest BCUT2D eigenvalue weighted by molar-refractivity contribution is 0.0992. The topological polar surface area (TPSA) is 73.3 Å². The minimum Gasteiger partial charge on any atom is -0.364 e. The smallest absolute Gasteiger partial charge is 0.269 e. The number of aryl methyl sites for hydroxylation is 2. The Hall–Kier alpha value is -2.43. The highest BCUT2D eigenvalue weighted by Gasteiger charge is 2.12. The van der Waals surface area contributed by atoms with Crippen LogP contribution in [0.1, 0.15) is 21.6 Å². The summed E-state index contributed by atoms with van der Waals surface area (Å²) in [5.41, 5.74) is 8.18. The van der Waals surface area contributed by atoms with Gasteiger partial charge in [0, 0.05) is 13.3 Å². The zero-order valence-corrected chi connectivity index (χ0v) is 10.3. The number of aromatic nitrogens is 2. The van der Waals surface area contributed by atoms with Crippen molar-refractivity contribution in [2.24, 2.45) is 17.8 Å². The lowest BCUT2D eigenvalue weighted by Gasteiger charge is -1.98. The molecule has 2 aromatic rings. The molecule has 2 N–H and O–H groups in total. The van der Waals surface area contributed by atoms with Gasteiger partial charge in [-0.1, -0.05) is 29.8 Å². The van der Waals surface area contributed by atoms with Crippen LogP contribution in [0.25, 0.3) is 0 Å². The lowest BCUT2D eigenvalue weighted by atomic mass is 10.1. The Labute approximate surface area is 105 Å². The van der Waals surface area contributed by atoms with E-state index in [1.807, 2.05) is 31.2 Å². The molecule has 1 amide bonds. The van der Waals surface area contributed by atoms with Gasteiger partial charge in [-0.15, -0.1) is 0 Å². The molecule has 0 atom stereocenters. The van der Waals surface area contributed by atoms with Crippen LogP contribution in [0.3, 0.4) is 0 Å². The second kappa shape index (κ2) is 4.83. The first kappa shape index (κ1) is 12.0. The van der Waals surface area contributed by atoms with Gasteiger partial charge in [-0.25, -0.2) is 0 Å². The fraction of sp³-hybridized carbons (Fsp3) is 0.154. The number of amides is 1. The number of nitrogens with zero attached hydrogens (tertiary/aromatic N) is 3. The van der Waals surface area contributed by atoms with E-state index in [0.29, 0.717) is 11.4 Å². The average Bonchev–Trinajstić information content (AvgIpc) is 2.68. The Bertz CT molecular complexity index is 613. The first-order valence-electron chi connectivity index (χ1n) is 5.50. The molecule has 5 nitrogen and oxygen atoms in total. The molecule has 18 heavy (non-hydrogen) atoms. The van der Waals surface area contributed by atoms with Crippen molar-refractivity contribution >= 4 is 17.8 Å². The summed E-state index contributed by atoms with van der Waals surface area (Å²) < 4.78 is 1.42. The number of hydrogen-bond acceptors (Lipinski definition) is 3. The van der Waals surface area contributed by atoms with Crippen LogP contribution in [-0.2, 0) is 7.05 Å². The molecule has 0 radical (unpaired) electrons. The average molecular weight is 242 g/mol. The van der Waals surface area contributed by atoms with Crippen molar-refractivity contribution in [2.75, 3.05) is 0 Å². The van der Waals surface area contributed by atoms with E-state index in [1.165, 1.54) is 10.9 Å². The molecule has 0 aliphatic heterocycles. The molecular formula is C13H14N4O. The lowest BCUT2D eigenvalue weighted by Crippen LogP contribution is -2.15. The van der Waals surface area contributed by atoms with Crippen LogP contribution in [0.4, 0.5) is 5.69 Å². The number of primary amides is 1. The van der Waals surface area contributed by atoms with E-state index >= 15 is 0 Å². The van der Waals surface area contributed by atoms with E-state index in [1.54, 1.807) is 13.3 Å². The van der Waals surface area contributed by atoms with Crippen molar-refractivity contribution in [1.29, 1.82) is 0 Å². The normalized spacial score (nSPS) is 11.0. The second-order valence-corrected chi connectivity index (χ2v) is 4.04. The van der Waals surface area contributed by atoms with E-state index in [0.717, 1.165) is 11.1 Å². The van der Waals surface area contributed by atoms with Gasteiger partial charge in [0.05, 0.1) is 6.20 Å². The Morgan fingerprint density at radius 3 is 2.94 bits per heavy atom. The maximum Gasteiger partial charge on any atom is 0.269 e. The molecule has 0 bridgehead atoms. The van der Waals surface area contributed by atoms with E-state index in [-0.39, 0.29) is 0 Å². The molecule has 0 saturated heterocycles. The fourth-order valence-electron chi connectivity index (χ4n) is 1.70. The predicted molar refractivity (Wildman–Crippen MR) is 70.2 cm³/mol. The van der Waals surface area contributed by atoms with Crippen LogP contribution >= 0.6 is 0 Å². The molecule has 0 aliphatic rings. The zero-order chi connectivity index (χ0) is 13.1. The standard InChI is InChI=1S/C13H14N4O/c1-9-4-3-5-10(6-9)7-15-11-8-16-17(2)12(11)13(14)18/h3-8H,1-2H3,(H2,14,18). The fourth-order valence-corrected chi connectivity index (χ4v) is 1.70. The molecule has 0 aliphatic carbocycles. The summed E-state index contributed by atoms with van der Waals surface area (Å²) in [5.74, 6) is -0.536. The quantitative estimate of drug-likeness (QED) is 0.830. The summed E-state index contributed by atoms with van der Waals surface area (Å²) in [4.78, 5) is 15.5. The van der Waals surface area contributed by atoms with Gasteiger partial charge in [-0.3, -0.25) is 14.5 Å². The predicted octanol–water partition coefficient (Wildman–Crippen LogP) is 1.58. The molecule has 0 spiro atoms. The molecule has 1 heterocycles. The van der Waals surface area contributed by atoms with Crippen LogP contribution in [0, 0.1) is 6.92 Å². The highest BCUT2D eigenvalue weighted by Crippen LogP contribution is 2.17. The highest BCUT2D eigenvalue weighted by molar-refractivity contribution is 5.97. The Kier molecular flexibility index (Phi) is 3.23. The first-order chi connectivity index (χ1) is 8.58. The Morgan fingerprint density at radius 1 is 1.50 bits per heavy atom. The van der Waals surface area contributed by atoms with Gasteiger partial charge in [0.2, 0.25) is 0 Å². The highest BCUT2D eigenvalue weighted by atomic mass is 16.1. The summed E-state index contributed by atoms with van der Waals surface area (Å²) in [6.07, 6.45) is 3.21.